The first-order chi connectivity index (χ1) is 13.5. The fourth-order valence-electron chi connectivity index (χ4n) is 3.43. The number of carbonyl (C=O) groups excluding carboxylic acids is 1. The van der Waals surface area contributed by atoms with Crippen LogP contribution in [-0.2, 0) is 17.8 Å². The Hall–Kier alpha value is -2.24. The van der Waals surface area contributed by atoms with E-state index in [4.69, 9.17) is 0 Å². The SMILES string of the molecule is CCc1ccc([C@@H]([NH2+]CC(=O)N(C)Cc2nc3ccccc3s2)C(C)C)cc1. The van der Waals surface area contributed by atoms with Crippen LogP contribution in [0.5, 0.6) is 0 Å². The van der Waals surface area contributed by atoms with Gasteiger partial charge in [0.2, 0.25) is 0 Å². The van der Waals surface area contributed by atoms with Crippen molar-refractivity contribution < 1.29 is 10.1 Å². The monoisotopic (exact) mass is 396 g/mol. The lowest BCUT2D eigenvalue weighted by molar-refractivity contribution is -0.692. The van der Waals surface area contributed by atoms with Gasteiger partial charge in [-0.2, -0.15) is 0 Å². The molecule has 1 atom stereocenters. The largest absolute Gasteiger partial charge is 0.334 e. The minimum Gasteiger partial charge on any atom is -0.334 e. The van der Waals surface area contributed by atoms with Crippen LogP contribution in [0.1, 0.15) is 42.9 Å². The number of aryl methyl sites for hydroxylation is 1. The maximum Gasteiger partial charge on any atom is 0.277 e. The number of thiazole rings is 1. The van der Waals surface area contributed by atoms with Crippen molar-refractivity contribution in [3.63, 3.8) is 0 Å². The molecular formula is C23H30N3OS+. The number of benzene rings is 2. The Morgan fingerprint density at radius 1 is 1.14 bits per heavy atom. The normalized spacial score (nSPS) is 12.5. The van der Waals surface area contributed by atoms with Crippen LogP contribution in [0.3, 0.4) is 0 Å². The summed E-state index contributed by atoms with van der Waals surface area (Å²) in [6, 6.07) is 17.2. The van der Waals surface area contributed by atoms with Gasteiger partial charge in [0.25, 0.3) is 5.91 Å². The highest BCUT2D eigenvalue weighted by atomic mass is 32.1. The van der Waals surface area contributed by atoms with Gasteiger partial charge in [0.15, 0.2) is 6.54 Å². The molecule has 0 bridgehead atoms. The molecule has 0 unspecified atom stereocenters. The van der Waals surface area contributed by atoms with E-state index in [1.54, 1.807) is 16.2 Å². The van der Waals surface area contributed by atoms with E-state index in [0.717, 1.165) is 16.9 Å². The smallest absolute Gasteiger partial charge is 0.277 e. The molecule has 148 valence electrons. The number of para-hydroxylation sites is 1. The van der Waals surface area contributed by atoms with E-state index in [1.165, 1.54) is 15.8 Å². The van der Waals surface area contributed by atoms with E-state index in [1.807, 2.05) is 25.2 Å². The Balaban J connectivity index is 1.60. The topological polar surface area (TPSA) is 49.8 Å². The van der Waals surface area contributed by atoms with Crippen LogP contribution >= 0.6 is 11.3 Å². The molecule has 5 heteroatoms. The number of fused-ring (bicyclic) bond motifs is 1. The molecule has 4 nitrogen and oxygen atoms in total. The van der Waals surface area contributed by atoms with E-state index in [9.17, 15) is 4.79 Å². The lowest BCUT2D eigenvalue weighted by atomic mass is 9.95. The summed E-state index contributed by atoms with van der Waals surface area (Å²) in [7, 11) is 1.86. The number of hydrogen-bond acceptors (Lipinski definition) is 3. The van der Waals surface area contributed by atoms with Gasteiger partial charge in [-0.15, -0.1) is 11.3 Å². The molecule has 0 spiro atoms. The van der Waals surface area contributed by atoms with Gasteiger partial charge in [0.1, 0.15) is 11.0 Å². The molecule has 2 N–H and O–H groups in total. The first kappa shape index (κ1) is 20.5. The summed E-state index contributed by atoms with van der Waals surface area (Å²) in [5.41, 5.74) is 3.64. The van der Waals surface area contributed by atoms with E-state index in [2.05, 4.69) is 61.4 Å². The molecule has 0 aliphatic heterocycles. The minimum absolute atomic E-state index is 0.134. The third-order valence-electron chi connectivity index (χ3n) is 5.17. The van der Waals surface area contributed by atoms with Crippen molar-refractivity contribution in [2.45, 2.75) is 39.8 Å². The van der Waals surface area contributed by atoms with Crippen LogP contribution in [0, 0.1) is 5.92 Å². The van der Waals surface area contributed by atoms with Crippen LogP contribution in [0.15, 0.2) is 48.5 Å². The maximum atomic E-state index is 12.7. The van der Waals surface area contributed by atoms with Crippen LogP contribution in [0.2, 0.25) is 0 Å². The van der Waals surface area contributed by atoms with Crippen molar-refractivity contribution in [3.05, 3.63) is 64.7 Å². The lowest BCUT2D eigenvalue weighted by Gasteiger charge is -2.21. The number of nitrogens with two attached hydrogens (primary N) is 1. The Morgan fingerprint density at radius 3 is 2.50 bits per heavy atom. The van der Waals surface area contributed by atoms with Gasteiger partial charge in [-0.05, 0) is 24.1 Å². The predicted molar refractivity (Wildman–Crippen MR) is 116 cm³/mol. The zero-order valence-electron chi connectivity index (χ0n) is 17.2. The number of carbonyl (C=O) groups is 1. The van der Waals surface area contributed by atoms with Crippen molar-refractivity contribution in [3.8, 4) is 0 Å². The minimum atomic E-state index is 0.134. The highest BCUT2D eigenvalue weighted by Gasteiger charge is 2.22. The number of rotatable bonds is 8. The fraction of sp³-hybridized carbons (Fsp3) is 0.391. The summed E-state index contributed by atoms with van der Waals surface area (Å²) in [5, 5.41) is 3.15. The fourth-order valence-corrected chi connectivity index (χ4v) is 4.45. The average Bonchev–Trinajstić information content (AvgIpc) is 3.10. The Kier molecular flexibility index (Phi) is 6.81. The molecule has 0 fully saturated rings. The van der Waals surface area contributed by atoms with Gasteiger partial charge in [-0.1, -0.05) is 57.2 Å². The number of hydrogen-bond donors (Lipinski definition) is 1. The average molecular weight is 397 g/mol. The summed E-state index contributed by atoms with van der Waals surface area (Å²) in [6.45, 7) is 7.60. The molecule has 0 aliphatic rings. The quantitative estimate of drug-likeness (QED) is 0.630. The second kappa shape index (κ2) is 9.30. The molecule has 3 rings (SSSR count). The van der Waals surface area contributed by atoms with E-state index < -0.39 is 0 Å². The zero-order chi connectivity index (χ0) is 20.1. The first-order valence-corrected chi connectivity index (χ1v) is 10.8. The zero-order valence-corrected chi connectivity index (χ0v) is 18.0. The number of nitrogens with zero attached hydrogens (tertiary/aromatic N) is 2. The molecule has 28 heavy (non-hydrogen) atoms. The summed E-state index contributed by atoms with van der Waals surface area (Å²) < 4.78 is 1.17. The maximum absolute atomic E-state index is 12.7. The van der Waals surface area contributed by atoms with Crippen LogP contribution in [-0.4, -0.2) is 29.4 Å². The third kappa shape index (κ3) is 4.97. The van der Waals surface area contributed by atoms with Crippen LogP contribution in [0.25, 0.3) is 10.2 Å². The van der Waals surface area contributed by atoms with E-state index in [-0.39, 0.29) is 11.9 Å². The third-order valence-corrected chi connectivity index (χ3v) is 6.20. The Labute approximate surface area is 171 Å². The van der Waals surface area contributed by atoms with Gasteiger partial charge in [0.05, 0.1) is 16.8 Å². The number of aromatic nitrogens is 1. The molecule has 3 aromatic rings. The van der Waals surface area contributed by atoms with E-state index >= 15 is 0 Å². The van der Waals surface area contributed by atoms with Gasteiger partial charge < -0.3 is 10.2 Å². The molecule has 0 saturated carbocycles. The van der Waals surface area contributed by atoms with Gasteiger partial charge in [0, 0.05) is 18.5 Å². The molecule has 0 saturated heterocycles. The van der Waals surface area contributed by atoms with Crippen molar-refractivity contribution >= 4 is 27.5 Å². The highest BCUT2D eigenvalue weighted by Crippen LogP contribution is 2.22. The Bertz CT molecular complexity index is 884. The second-order valence-corrected chi connectivity index (χ2v) is 8.75. The number of amides is 1. The standard InChI is InChI=1S/C23H29N3OS/c1-5-17-10-12-18(13-11-17)23(16(2)3)24-14-22(27)26(4)15-21-25-19-8-6-7-9-20(19)28-21/h6-13,16,23-24H,5,14-15H2,1-4H3/p+1/t23-/m0/s1. The summed E-state index contributed by atoms with van der Waals surface area (Å²) in [6.07, 6.45) is 1.05. The van der Waals surface area contributed by atoms with Gasteiger partial charge in [-0.25, -0.2) is 4.98 Å². The Morgan fingerprint density at radius 2 is 1.86 bits per heavy atom. The van der Waals surface area contributed by atoms with Crippen molar-refractivity contribution in [2.75, 3.05) is 13.6 Å². The summed E-state index contributed by atoms with van der Waals surface area (Å²) >= 11 is 1.66. The predicted octanol–water partition coefficient (Wildman–Crippen LogP) is 3.78. The molecule has 1 amide bonds. The highest BCUT2D eigenvalue weighted by molar-refractivity contribution is 7.18. The molecule has 1 heterocycles. The van der Waals surface area contributed by atoms with Crippen molar-refractivity contribution in [1.82, 2.24) is 9.88 Å². The van der Waals surface area contributed by atoms with Crippen LogP contribution < -0.4 is 5.32 Å². The second-order valence-electron chi connectivity index (χ2n) is 7.63. The van der Waals surface area contributed by atoms with Crippen LogP contribution in [0.4, 0.5) is 0 Å². The van der Waals surface area contributed by atoms with Gasteiger partial charge in [-0.3, -0.25) is 4.79 Å². The first-order valence-electron chi connectivity index (χ1n) is 9.98. The van der Waals surface area contributed by atoms with Crippen molar-refractivity contribution in [1.29, 1.82) is 0 Å². The number of likely N-dealkylation sites (N-methyl/N-ethyl adjacent to an activating group) is 1. The molecule has 2 aromatic carbocycles. The number of quaternary nitrogens is 1. The molecule has 1 aromatic heterocycles. The molecule has 0 radical (unpaired) electrons. The van der Waals surface area contributed by atoms with Crippen molar-refractivity contribution in [2.24, 2.45) is 5.92 Å². The molecule has 0 aliphatic carbocycles. The molecular weight excluding hydrogens is 366 g/mol. The van der Waals surface area contributed by atoms with Gasteiger partial charge >= 0.3 is 0 Å². The lowest BCUT2D eigenvalue weighted by Crippen LogP contribution is -2.88. The van der Waals surface area contributed by atoms with E-state index in [0.29, 0.717) is 19.0 Å². The summed E-state index contributed by atoms with van der Waals surface area (Å²) in [4.78, 5) is 19.1. The summed E-state index contributed by atoms with van der Waals surface area (Å²) in [5.74, 6) is 0.588.